The second-order valence-corrected chi connectivity index (χ2v) is 10.9. The number of fused-ring (bicyclic) bond motifs is 1. The summed E-state index contributed by atoms with van der Waals surface area (Å²) >= 11 is 7.04. The van der Waals surface area contributed by atoms with Crippen molar-refractivity contribution in [1.29, 1.82) is 0 Å². The van der Waals surface area contributed by atoms with Crippen molar-refractivity contribution in [3.05, 3.63) is 86.9 Å². The number of aromatic nitrogens is 2. The number of carbonyl (C=O) groups excluding carboxylic acids is 1. The first kappa shape index (κ1) is 24.7. The van der Waals surface area contributed by atoms with Gasteiger partial charge < -0.3 is 5.32 Å². The zero-order chi connectivity index (χ0) is 25.3. The van der Waals surface area contributed by atoms with Crippen molar-refractivity contribution in [3.8, 4) is 0 Å². The van der Waals surface area contributed by atoms with Crippen molar-refractivity contribution < 1.29 is 18.1 Å². The first-order valence-electron chi connectivity index (χ1n) is 10.2. The quantitative estimate of drug-likeness (QED) is 0.198. The van der Waals surface area contributed by atoms with Gasteiger partial charge in [0.15, 0.2) is 5.16 Å². The molecule has 9 nitrogen and oxygen atoms in total. The molecule has 4 rings (SSSR count). The Kier molecular flexibility index (Phi) is 6.84. The number of anilines is 1. The SMILES string of the molecule is Cc1cc(C)cc(S(=O)(=O)n2c(SCC(=O)Nc3ccccc3[N+](=O)[O-])nc3ccc(Cl)cc32)c1. The number of nitro benzene ring substituents is 1. The molecule has 0 saturated heterocycles. The minimum atomic E-state index is -4.09. The van der Waals surface area contributed by atoms with Crippen LogP contribution in [0.5, 0.6) is 0 Å². The number of hydrogen-bond donors (Lipinski definition) is 1. The molecule has 0 radical (unpaired) electrons. The first-order valence-corrected chi connectivity index (χ1v) is 13.0. The number of nitrogens with zero attached hydrogens (tertiary/aromatic N) is 3. The third-order valence-electron chi connectivity index (χ3n) is 4.99. The lowest BCUT2D eigenvalue weighted by atomic mass is 10.2. The second-order valence-electron chi connectivity index (χ2n) is 7.73. The molecular formula is C23H19ClN4O5S2. The molecule has 0 fully saturated rings. The highest BCUT2D eigenvalue weighted by Crippen LogP contribution is 2.31. The third kappa shape index (κ3) is 5.16. The van der Waals surface area contributed by atoms with Gasteiger partial charge in [0.25, 0.3) is 15.7 Å². The van der Waals surface area contributed by atoms with Gasteiger partial charge in [-0.05, 0) is 61.4 Å². The maximum absolute atomic E-state index is 13.7. The van der Waals surface area contributed by atoms with E-state index in [1.807, 2.05) is 6.07 Å². The Labute approximate surface area is 210 Å². The average Bonchev–Trinajstić information content (AvgIpc) is 3.15. The van der Waals surface area contributed by atoms with Crippen LogP contribution in [0.3, 0.4) is 0 Å². The van der Waals surface area contributed by atoms with Gasteiger partial charge in [-0.25, -0.2) is 17.4 Å². The highest BCUT2D eigenvalue weighted by molar-refractivity contribution is 8.00. The number of benzene rings is 3. The van der Waals surface area contributed by atoms with Crippen LogP contribution in [-0.2, 0) is 14.8 Å². The lowest BCUT2D eigenvalue weighted by Crippen LogP contribution is -2.17. The fourth-order valence-electron chi connectivity index (χ4n) is 3.57. The Hall–Kier alpha value is -3.41. The number of aryl methyl sites for hydroxylation is 2. The van der Waals surface area contributed by atoms with E-state index in [9.17, 15) is 23.3 Å². The van der Waals surface area contributed by atoms with Crippen molar-refractivity contribution in [1.82, 2.24) is 8.96 Å². The van der Waals surface area contributed by atoms with E-state index in [0.717, 1.165) is 26.9 Å². The number of imidazole rings is 1. The molecular weight excluding hydrogens is 512 g/mol. The van der Waals surface area contributed by atoms with E-state index in [4.69, 9.17) is 11.6 Å². The predicted octanol–water partition coefficient (Wildman–Crippen LogP) is 5.18. The lowest BCUT2D eigenvalue weighted by molar-refractivity contribution is -0.383. The van der Waals surface area contributed by atoms with Crippen LogP contribution in [0, 0.1) is 24.0 Å². The molecule has 0 spiro atoms. The van der Waals surface area contributed by atoms with Crippen molar-refractivity contribution in [2.24, 2.45) is 0 Å². The zero-order valence-electron chi connectivity index (χ0n) is 18.6. The Balaban J connectivity index is 1.70. The van der Waals surface area contributed by atoms with Gasteiger partial charge in [-0.3, -0.25) is 14.9 Å². The first-order chi connectivity index (χ1) is 16.6. The number of para-hydroxylation sites is 2. The third-order valence-corrected chi connectivity index (χ3v) is 7.96. The fourth-order valence-corrected chi connectivity index (χ4v) is 6.43. The molecule has 0 saturated carbocycles. The molecule has 0 atom stereocenters. The number of halogens is 1. The van der Waals surface area contributed by atoms with Gasteiger partial charge in [0.1, 0.15) is 5.69 Å². The van der Waals surface area contributed by atoms with Gasteiger partial charge >= 0.3 is 0 Å². The van der Waals surface area contributed by atoms with Gasteiger partial charge in [-0.15, -0.1) is 0 Å². The molecule has 1 aromatic heterocycles. The average molecular weight is 531 g/mol. The maximum Gasteiger partial charge on any atom is 0.292 e. The molecule has 4 aromatic rings. The molecule has 3 aromatic carbocycles. The van der Waals surface area contributed by atoms with E-state index >= 15 is 0 Å². The largest absolute Gasteiger partial charge is 0.320 e. The molecule has 35 heavy (non-hydrogen) atoms. The van der Waals surface area contributed by atoms with Crippen LogP contribution >= 0.6 is 23.4 Å². The molecule has 0 unspecified atom stereocenters. The Morgan fingerprint density at radius 2 is 1.80 bits per heavy atom. The minimum Gasteiger partial charge on any atom is -0.320 e. The number of rotatable bonds is 7. The summed E-state index contributed by atoms with van der Waals surface area (Å²) in [6, 6.07) is 15.5. The normalized spacial score (nSPS) is 11.5. The summed E-state index contributed by atoms with van der Waals surface area (Å²) in [6.07, 6.45) is 0. The van der Waals surface area contributed by atoms with E-state index in [1.54, 1.807) is 44.2 Å². The Bertz CT molecular complexity index is 1560. The van der Waals surface area contributed by atoms with E-state index in [1.165, 1.54) is 24.3 Å². The van der Waals surface area contributed by atoms with E-state index in [2.05, 4.69) is 10.3 Å². The van der Waals surface area contributed by atoms with Crippen molar-refractivity contribution in [3.63, 3.8) is 0 Å². The molecule has 0 aliphatic heterocycles. The van der Waals surface area contributed by atoms with Crippen molar-refractivity contribution in [2.75, 3.05) is 11.1 Å². The highest BCUT2D eigenvalue weighted by Gasteiger charge is 2.26. The smallest absolute Gasteiger partial charge is 0.292 e. The van der Waals surface area contributed by atoms with Crippen LogP contribution in [0.15, 0.2) is 70.7 Å². The molecule has 0 aliphatic rings. The van der Waals surface area contributed by atoms with Gasteiger partial charge in [-0.2, -0.15) is 0 Å². The number of amides is 1. The molecule has 0 bridgehead atoms. The highest BCUT2D eigenvalue weighted by atomic mass is 35.5. The predicted molar refractivity (Wildman–Crippen MR) is 136 cm³/mol. The van der Waals surface area contributed by atoms with Gasteiger partial charge in [0, 0.05) is 11.1 Å². The van der Waals surface area contributed by atoms with Crippen LogP contribution in [0.1, 0.15) is 11.1 Å². The van der Waals surface area contributed by atoms with E-state index in [0.29, 0.717) is 10.5 Å². The molecule has 180 valence electrons. The summed E-state index contributed by atoms with van der Waals surface area (Å²) in [6.45, 7) is 3.61. The Morgan fingerprint density at radius 1 is 1.11 bits per heavy atom. The topological polar surface area (TPSA) is 124 Å². The van der Waals surface area contributed by atoms with Gasteiger partial charge in [-0.1, -0.05) is 41.6 Å². The summed E-state index contributed by atoms with van der Waals surface area (Å²) in [5, 5.41) is 14.1. The minimum absolute atomic E-state index is 0.0474. The standard InChI is InChI=1S/C23H19ClN4O5S2/c1-14-9-15(2)11-17(10-14)35(32,33)27-21-12-16(24)7-8-19(21)26-23(27)34-13-22(29)25-18-5-3-4-6-20(18)28(30)31/h3-12H,13H2,1-2H3,(H,25,29). The van der Waals surface area contributed by atoms with Crippen molar-refractivity contribution in [2.45, 2.75) is 23.9 Å². The van der Waals surface area contributed by atoms with Crippen molar-refractivity contribution >= 4 is 61.7 Å². The number of nitrogens with one attached hydrogen (secondary N) is 1. The monoisotopic (exact) mass is 530 g/mol. The molecule has 1 heterocycles. The molecule has 1 amide bonds. The van der Waals surface area contributed by atoms with Crippen LogP contribution in [0.25, 0.3) is 11.0 Å². The molecule has 12 heteroatoms. The number of nitro groups is 1. The van der Waals surface area contributed by atoms with Gasteiger partial charge in [0.2, 0.25) is 5.91 Å². The summed E-state index contributed by atoms with van der Waals surface area (Å²) in [5.74, 6) is -0.782. The number of thioether (sulfide) groups is 1. The van der Waals surface area contributed by atoms with E-state index in [-0.39, 0.29) is 32.7 Å². The summed E-state index contributed by atoms with van der Waals surface area (Å²) in [7, 11) is -4.09. The van der Waals surface area contributed by atoms with Gasteiger partial charge in [0.05, 0.1) is 26.6 Å². The fraction of sp³-hybridized carbons (Fsp3) is 0.130. The van der Waals surface area contributed by atoms with Crippen LogP contribution in [-0.4, -0.2) is 34.0 Å². The molecule has 1 N–H and O–H groups in total. The van der Waals surface area contributed by atoms with Crippen LogP contribution in [0.2, 0.25) is 5.02 Å². The lowest BCUT2D eigenvalue weighted by Gasteiger charge is -2.12. The molecule has 0 aliphatic carbocycles. The van der Waals surface area contributed by atoms with E-state index < -0.39 is 20.9 Å². The second kappa shape index (κ2) is 9.68. The number of hydrogen-bond acceptors (Lipinski definition) is 7. The summed E-state index contributed by atoms with van der Waals surface area (Å²) in [4.78, 5) is 27.7. The summed E-state index contributed by atoms with van der Waals surface area (Å²) in [5.41, 5.74) is 2.03. The maximum atomic E-state index is 13.7. The Morgan fingerprint density at radius 3 is 2.49 bits per heavy atom. The summed E-state index contributed by atoms with van der Waals surface area (Å²) < 4.78 is 28.5. The van der Waals surface area contributed by atoms with Crippen LogP contribution in [0.4, 0.5) is 11.4 Å². The van der Waals surface area contributed by atoms with Crippen LogP contribution < -0.4 is 5.32 Å². The zero-order valence-corrected chi connectivity index (χ0v) is 20.9. The number of carbonyl (C=O) groups is 1.